The standard InChI is InChI=1S/C8H9ClN4O5/c9-7-6(13(15)16)5-10-12(7)18-8(14)11-1-3-17-4-2-11/h5H,1-4H2. The highest BCUT2D eigenvalue weighted by Gasteiger charge is 2.24. The van der Waals surface area contributed by atoms with Crippen molar-refractivity contribution in [3.63, 3.8) is 0 Å². The monoisotopic (exact) mass is 276 g/mol. The summed E-state index contributed by atoms with van der Waals surface area (Å²) in [6.45, 7) is 1.61. The summed E-state index contributed by atoms with van der Waals surface area (Å²) in [6.07, 6.45) is 0.229. The lowest BCUT2D eigenvalue weighted by Gasteiger charge is -2.25. The quantitative estimate of drug-likeness (QED) is 0.570. The van der Waals surface area contributed by atoms with Crippen LogP contribution >= 0.6 is 11.6 Å². The topological polar surface area (TPSA) is 99.7 Å². The highest BCUT2D eigenvalue weighted by molar-refractivity contribution is 6.31. The van der Waals surface area contributed by atoms with Gasteiger partial charge in [-0.25, -0.2) is 4.79 Å². The van der Waals surface area contributed by atoms with Crippen LogP contribution in [0.3, 0.4) is 0 Å². The van der Waals surface area contributed by atoms with E-state index in [1.54, 1.807) is 0 Å². The van der Waals surface area contributed by atoms with E-state index in [4.69, 9.17) is 21.2 Å². The lowest BCUT2D eigenvalue weighted by molar-refractivity contribution is -0.384. The SMILES string of the molecule is O=C(On1ncc([N+](=O)[O-])c1Cl)N1CCOCC1. The lowest BCUT2D eigenvalue weighted by atomic mass is 10.5. The number of carbonyl (C=O) groups is 1. The van der Waals surface area contributed by atoms with Crippen LogP contribution < -0.4 is 4.84 Å². The predicted molar refractivity (Wildman–Crippen MR) is 58.3 cm³/mol. The number of aromatic nitrogens is 2. The van der Waals surface area contributed by atoms with Gasteiger partial charge in [0.05, 0.1) is 18.1 Å². The maximum atomic E-state index is 11.7. The number of rotatable bonds is 2. The number of hydrogen-bond donors (Lipinski definition) is 0. The third-order valence-electron chi connectivity index (χ3n) is 2.29. The van der Waals surface area contributed by atoms with Gasteiger partial charge in [0.25, 0.3) is 0 Å². The molecule has 1 aromatic rings. The number of amides is 1. The summed E-state index contributed by atoms with van der Waals surface area (Å²) in [5.74, 6) is 0. The fourth-order valence-corrected chi connectivity index (χ4v) is 1.57. The Bertz CT molecular complexity index is 470. The van der Waals surface area contributed by atoms with Gasteiger partial charge in [0.2, 0.25) is 5.15 Å². The molecule has 9 nitrogen and oxygen atoms in total. The van der Waals surface area contributed by atoms with E-state index in [9.17, 15) is 14.9 Å². The molecule has 98 valence electrons. The van der Waals surface area contributed by atoms with Crippen molar-refractivity contribution < 1.29 is 19.3 Å². The number of nitro groups is 1. The molecule has 1 aromatic heterocycles. The van der Waals surface area contributed by atoms with Crippen molar-refractivity contribution in [2.75, 3.05) is 26.3 Å². The molecule has 0 aromatic carbocycles. The van der Waals surface area contributed by atoms with Gasteiger partial charge >= 0.3 is 11.8 Å². The van der Waals surface area contributed by atoms with Gasteiger partial charge in [-0.3, -0.25) is 15.0 Å². The Morgan fingerprint density at radius 1 is 1.56 bits per heavy atom. The molecule has 0 radical (unpaired) electrons. The summed E-state index contributed by atoms with van der Waals surface area (Å²) < 4.78 is 5.07. The van der Waals surface area contributed by atoms with Crippen molar-refractivity contribution in [2.24, 2.45) is 0 Å². The zero-order valence-corrected chi connectivity index (χ0v) is 9.87. The number of hydrogen-bond acceptors (Lipinski definition) is 6. The molecule has 1 saturated heterocycles. The zero-order valence-electron chi connectivity index (χ0n) is 9.11. The second kappa shape index (κ2) is 5.19. The van der Waals surface area contributed by atoms with Gasteiger partial charge < -0.3 is 9.64 Å². The molecule has 0 saturated carbocycles. The molecule has 1 aliphatic rings. The van der Waals surface area contributed by atoms with Crippen LogP contribution in [0.5, 0.6) is 0 Å². The Morgan fingerprint density at radius 3 is 2.78 bits per heavy atom. The first-order valence-corrected chi connectivity index (χ1v) is 5.40. The molecular weight excluding hydrogens is 268 g/mol. The highest BCUT2D eigenvalue weighted by atomic mass is 35.5. The fourth-order valence-electron chi connectivity index (χ4n) is 1.37. The van der Waals surface area contributed by atoms with Crippen molar-refractivity contribution in [1.29, 1.82) is 0 Å². The van der Waals surface area contributed by atoms with Crippen LogP contribution in [0.4, 0.5) is 10.5 Å². The molecule has 1 amide bonds. The van der Waals surface area contributed by atoms with Crippen molar-refractivity contribution in [2.45, 2.75) is 0 Å². The Labute approximate surface area is 106 Å². The molecule has 10 heteroatoms. The van der Waals surface area contributed by atoms with Crippen molar-refractivity contribution >= 4 is 23.4 Å². The van der Waals surface area contributed by atoms with E-state index in [0.29, 0.717) is 31.1 Å². The van der Waals surface area contributed by atoms with Crippen molar-refractivity contribution in [3.8, 4) is 0 Å². The Balaban J connectivity index is 2.04. The van der Waals surface area contributed by atoms with E-state index >= 15 is 0 Å². The molecule has 0 unspecified atom stereocenters. The Hall–Kier alpha value is -1.87. The summed E-state index contributed by atoms with van der Waals surface area (Å²) in [4.78, 5) is 28.3. The molecule has 0 bridgehead atoms. The number of carbonyl (C=O) groups excluding carboxylic acids is 1. The molecule has 0 aliphatic carbocycles. The smallest absolute Gasteiger partial charge is 0.378 e. The lowest BCUT2D eigenvalue weighted by Crippen LogP contribution is -2.44. The number of halogens is 1. The molecule has 1 fully saturated rings. The predicted octanol–water partition coefficient (Wildman–Crippen LogP) is 0.325. The van der Waals surface area contributed by atoms with E-state index in [1.807, 2.05) is 0 Å². The van der Waals surface area contributed by atoms with Gasteiger partial charge in [0.1, 0.15) is 6.20 Å². The van der Waals surface area contributed by atoms with Crippen LogP contribution in [0, 0.1) is 10.1 Å². The summed E-state index contributed by atoms with van der Waals surface area (Å²) in [5, 5.41) is 13.7. The Morgan fingerprint density at radius 2 is 2.22 bits per heavy atom. The first-order chi connectivity index (χ1) is 8.59. The van der Waals surface area contributed by atoms with Gasteiger partial charge in [-0.15, -0.1) is 5.10 Å². The average molecular weight is 277 g/mol. The summed E-state index contributed by atoms with van der Waals surface area (Å²) >= 11 is 5.64. The first-order valence-electron chi connectivity index (χ1n) is 5.02. The molecule has 2 heterocycles. The number of nitrogens with zero attached hydrogens (tertiary/aromatic N) is 4. The largest absolute Gasteiger partial charge is 0.436 e. The third-order valence-corrected chi connectivity index (χ3v) is 2.63. The van der Waals surface area contributed by atoms with Crippen molar-refractivity contribution in [3.05, 3.63) is 21.5 Å². The average Bonchev–Trinajstić information content (AvgIpc) is 2.72. The highest BCUT2D eigenvalue weighted by Crippen LogP contribution is 2.22. The number of ether oxygens (including phenoxy) is 1. The van der Waals surface area contributed by atoms with Crippen LogP contribution in [0.25, 0.3) is 0 Å². The maximum absolute atomic E-state index is 11.7. The minimum Gasteiger partial charge on any atom is -0.378 e. The maximum Gasteiger partial charge on any atom is 0.436 e. The first kappa shape index (κ1) is 12.6. The van der Waals surface area contributed by atoms with E-state index in [-0.39, 0.29) is 5.15 Å². The van der Waals surface area contributed by atoms with Gasteiger partial charge in [-0.1, -0.05) is 16.4 Å². The molecule has 0 atom stereocenters. The normalized spacial score (nSPS) is 15.5. The van der Waals surface area contributed by atoms with Crippen molar-refractivity contribution in [1.82, 2.24) is 14.8 Å². The van der Waals surface area contributed by atoms with E-state index in [0.717, 1.165) is 6.20 Å². The van der Waals surface area contributed by atoms with Gasteiger partial charge in [0, 0.05) is 13.1 Å². The summed E-state index contributed by atoms with van der Waals surface area (Å²) in [7, 11) is 0. The van der Waals surface area contributed by atoms with E-state index in [2.05, 4.69) is 5.10 Å². The zero-order chi connectivity index (χ0) is 13.1. The summed E-state index contributed by atoms with van der Waals surface area (Å²) in [5.41, 5.74) is -0.425. The van der Waals surface area contributed by atoms with Crippen LogP contribution in [-0.4, -0.2) is 52.2 Å². The van der Waals surface area contributed by atoms with Crippen LogP contribution in [-0.2, 0) is 4.74 Å². The van der Waals surface area contributed by atoms with Crippen LogP contribution in [0.1, 0.15) is 0 Å². The third kappa shape index (κ3) is 2.51. The molecule has 0 N–H and O–H groups in total. The Kier molecular flexibility index (Phi) is 3.63. The van der Waals surface area contributed by atoms with Gasteiger partial charge in [0.15, 0.2) is 0 Å². The van der Waals surface area contributed by atoms with Crippen LogP contribution in [0.15, 0.2) is 6.20 Å². The van der Waals surface area contributed by atoms with E-state index in [1.165, 1.54) is 4.90 Å². The second-order valence-corrected chi connectivity index (χ2v) is 3.77. The second-order valence-electron chi connectivity index (χ2n) is 3.41. The molecule has 2 rings (SSSR count). The molecule has 0 spiro atoms. The molecule has 18 heavy (non-hydrogen) atoms. The number of morpholine rings is 1. The van der Waals surface area contributed by atoms with Gasteiger partial charge in [-0.2, -0.15) is 0 Å². The summed E-state index contributed by atoms with van der Waals surface area (Å²) in [6, 6.07) is 0. The minimum atomic E-state index is -0.714. The molecule has 1 aliphatic heterocycles. The molecular formula is C8H9ClN4O5. The minimum absolute atomic E-state index is 0.360. The fraction of sp³-hybridized carbons (Fsp3) is 0.500. The van der Waals surface area contributed by atoms with Crippen LogP contribution in [0.2, 0.25) is 5.15 Å². The van der Waals surface area contributed by atoms with E-state index < -0.39 is 16.7 Å². The van der Waals surface area contributed by atoms with Gasteiger partial charge in [-0.05, 0) is 0 Å².